The molecule has 2 aliphatic heterocycles. The Morgan fingerprint density at radius 2 is 1.57 bits per heavy atom. The summed E-state index contributed by atoms with van der Waals surface area (Å²) in [6.07, 6.45) is 6.17. The average Bonchev–Trinajstić information content (AvgIpc) is 3.62. The van der Waals surface area contributed by atoms with Crippen molar-refractivity contribution in [1.29, 1.82) is 0 Å². The highest BCUT2D eigenvalue weighted by Gasteiger charge is 2.48. The topological polar surface area (TPSA) is 88.7 Å². The van der Waals surface area contributed by atoms with Gasteiger partial charge in [-0.3, -0.25) is 0 Å². The number of aromatic carboxylic acids is 1. The Kier molecular flexibility index (Phi) is 5.10. The lowest BCUT2D eigenvalue weighted by atomic mass is 9.76. The first kappa shape index (κ1) is 20.0. The number of hydrogen-bond acceptors (Lipinski definition) is 5. The first-order chi connectivity index (χ1) is 14.4. The fraction of sp³-hybridized carbons (Fsp3) is 0.667. The molecule has 4 fully saturated rings. The highest BCUT2D eigenvalue weighted by molar-refractivity contribution is 5.94. The second kappa shape index (κ2) is 7.65. The van der Waals surface area contributed by atoms with E-state index >= 15 is 0 Å². The summed E-state index contributed by atoms with van der Waals surface area (Å²) in [4.78, 5) is 24.5. The van der Waals surface area contributed by atoms with Crippen LogP contribution in [0.5, 0.6) is 0 Å². The second-order valence-electron chi connectivity index (χ2n) is 9.82. The smallest absolute Gasteiger partial charge is 0.338 e. The highest BCUT2D eigenvalue weighted by Crippen LogP contribution is 2.44. The zero-order valence-corrected chi connectivity index (χ0v) is 17.6. The van der Waals surface area contributed by atoms with Gasteiger partial charge in [0.1, 0.15) is 0 Å². The predicted molar refractivity (Wildman–Crippen MR) is 108 cm³/mol. The number of carboxylic acids is 1. The lowest BCUT2D eigenvalue weighted by molar-refractivity contribution is 0.0366. The van der Waals surface area contributed by atoms with Crippen LogP contribution in [0.25, 0.3) is 0 Å². The first-order valence-corrected chi connectivity index (χ1v) is 11.2. The Hall–Kier alpha value is -1.92. The third-order valence-electron chi connectivity index (χ3n) is 7.75. The molecule has 0 radical (unpaired) electrons. The van der Waals surface area contributed by atoms with Crippen LogP contribution in [0.15, 0.2) is 18.2 Å². The fourth-order valence-corrected chi connectivity index (χ4v) is 5.52. The van der Waals surface area contributed by atoms with Gasteiger partial charge in [-0.15, -0.1) is 0 Å². The van der Waals surface area contributed by atoms with E-state index in [1.54, 1.807) is 12.1 Å². The van der Waals surface area contributed by atoms with Crippen LogP contribution in [0.1, 0.15) is 65.8 Å². The monoisotopic (exact) mass is 414 g/mol. The van der Waals surface area contributed by atoms with Gasteiger partial charge in [-0.25, -0.2) is 9.59 Å². The molecule has 0 aromatic heterocycles. The Bertz CT molecular complexity index is 850. The summed E-state index contributed by atoms with van der Waals surface area (Å²) in [7, 11) is 0. The number of hydrogen-bond donors (Lipinski definition) is 1. The molecule has 8 atom stereocenters. The molecule has 2 saturated heterocycles. The van der Waals surface area contributed by atoms with Crippen molar-refractivity contribution >= 4 is 11.9 Å². The van der Waals surface area contributed by atoms with Gasteiger partial charge in [-0.1, -0.05) is 13.8 Å². The van der Waals surface area contributed by atoms with Crippen molar-refractivity contribution in [3.05, 3.63) is 34.9 Å². The van der Waals surface area contributed by atoms with Crippen molar-refractivity contribution in [3.63, 3.8) is 0 Å². The molecule has 0 bridgehead atoms. The molecule has 0 spiro atoms. The van der Waals surface area contributed by atoms with Gasteiger partial charge in [0.15, 0.2) is 0 Å². The van der Waals surface area contributed by atoms with E-state index in [0.29, 0.717) is 66.7 Å². The van der Waals surface area contributed by atoms with Gasteiger partial charge in [0.2, 0.25) is 0 Å². The molecule has 1 N–H and O–H groups in total. The number of carbonyl (C=O) groups is 2. The van der Waals surface area contributed by atoms with E-state index in [9.17, 15) is 14.7 Å². The normalized spacial score (nSPS) is 38.9. The zero-order valence-electron chi connectivity index (χ0n) is 17.6. The molecule has 6 nitrogen and oxygen atoms in total. The molecule has 0 amide bonds. The molecule has 2 saturated carbocycles. The van der Waals surface area contributed by atoms with Gasteiger partial charge in [0, 0.05) is 0 Å². The van der Waals surface area contributed by atoms with Crippen molar-refractivity contribution in [3.8, 4) is 0 Å². The van der Waals surface area contributed by atoms with Gasteiger partial charge < -0.3 is 19.3 Å². The van der Waals surface area contributed by atoms with E-state index in [0.717, 1.165) is 31.2 Å². The Morgan fingerprint density at radius 3 is 2.23 bits per heavy atom. The van der Waals surface area contributed by atoms with Gasteiger partial charge >= 0.3 is 11.9 Å². The number of fused-ring (bicyclic) bond motifs is 2. The second-order valence-corrected chi connectivity index (χ2v) is 9.82. The number of esters is 1. The Balaban J connectivity index is 1.30. The van der Waals surface area contributed by atoms with Crippen LogP contribution < -0.4 is 0 Å². The van der Waals surface area contributed by atoms with E-state index < -0.39 is 5.97 Å². The number of carboxylic acid groups (broad SMARTS) is 1. The third-order valence-corrected chi connectivity index (χ3v) is 7.75. The Labute approximate surface area is 176 Å². The van der Waals surface area contributed by atoms with E-state index in [4.69, 9.17) is 14.2 Å². The molecule has 2 heterocycles. The van der Waals surface area contributed by atoms with E-state index in [2.05, 4.69) is 13.8 Å². The van der Waals surface area contributed by atoms with Gasteiger partial charge in [-0.2, -0.15) is 0 Å². The van der Waals surface area contributed by atoms with Crippen LogP contribution in [0.3, 0.4) is 0 Å². The molecule has 1 aromatic carbocycles. The molecule has 8 unspecified atom stereocenters. The van der Waals surface area contributed by atoms with Crippen LogP contribution in [-0.4, -0.2) is 48.1 Å². The van der Waals surface area contributed by atoms with Crippen molar-refractivity contribution in [2.45, 2.75) is 70.4 Å². The average molecular weight is 414 g/mol. The van der Waals surface area contributed by atoms with Crippen LogP contribution in [-0.2, 0) is 20.6 Å². The van der Waals surface area contributed by atoms with Crippen LogP contribution in [0.4, 0.5) is 0 Å². The summed E-state index contributed by atoms with van der Waals surface area (Å²) < 4.78 is 17.0. The van der Waals surface area contributed by atoms with Crippen molar-refractivity contribution in [2.75, 3.05) is 6.61 Å². The standard InChI is InChI=1S/C24H30O6/c1-12-5-19-21(29-19)9-15(12)8-16-7-14(23(25)26)3-4-18(16)24(27)28-11-17-10-22-20(30-22)6-13(17)2/h3-4,7,12-13,15,17,19-22H,5-6,8-11H2,1-2H3,(H,25,26). The fourth-order valence-electron chi connectivity index (χ4n) is 5.52. The highest BCUT2D eigenvalue weighted by atomic mass is 16.6. The molecule has 162 valence electrons. The molecule has 1 aromatic rings. The largest absolute Gasteiger partial charge is 0.478 e. The summed E-state index contributed by atoms with van der Waals surface area (Å²) in [6.45, 7) is 4.81. The van der Waals surface area contributed by atoms with Gasteiger partial charge in [0.05, 0.1) is 42.1 Å². The SMILES string of the molecule is CC1CC2OC2CC1COC(=O)c1ccc(C(=O)O)cc1CC1CC2OC2CC1C. The molecule has 2 aliphatic carbocycles. The number of rotatable bonds is 6. The minimum Gasteiger partial charge on any atom is -0.478 e. The van der Waals surface area contributed by atoms with Gasteiger partial charge in [-0.05, 0) is 79.5 Å². The van der Waals surface area contributed by atoms with E-state index in [1.807, 2.05) is 0 Å². The van der Waals surface area contributed by atoms with Crippen molar-refractivity contribution in [2.24, 2.45) is 23.7 Å². The van der Waals surface area contributed by atoms with Crippen molar-refractivity contribution in [1.82, 2.24) is 0 Å². The lowest BCUT2D eigenvalue weighted by Crippen LogP contribution is -2.28. The van der Waals surface area contributed by atoms with Crippen LogP contribution >= 0.6 is 0 Å². The lowest BCUT2D eigenvalue weighted by Gasteiger charge is -2.27. The number of benzene rings is 1. The molecule has 6 heteroatoms. The molecule has 4 aliphatic rings. The molecule has 5 rings (SSSR count). The minimum atomic E-state index is -0.978. The summed E-state index contributed by atoms with van der Waals surface area (Å²) in [5.74, 6) is 0.338. The summed E-state index contributed by atoms with van der Waals surface area (Å²) >= 11 is 0. The van der Waals surface area contributed by atoms with Crippen LogP contribution in [0.2, 0.25) is 0 Å². The van der Waals surface area contributed by atoms with Gasteiger partial charge in [0.25, 0.3) is 0 Å². The maximum atomic E-state index is 13.0. The van der Waals surface area contributed by atoms with Crippen LogP contribution in [0, 0.1) is 23.7 Å². The summed E-state index contributed by atoms with van der Waals surface area (Å²) in [6, 6.07) is 4.77. The number of carbonyl (C=O) groups excluding carboxylic acids is 1. The minimum absolute atomic E-state index is 0.211. The maximum absolute atomic E-state index is 13.0. The third kappa shape index (κ3) is 4.00. The number of epoxide rings is 2. The zero-order chi connectivity index (χ0) is 21.0. The molecule has 30 heavy (non-hydrogen) atoms. The predicted octanol–water partition coefficient (Wildman–Crippen LogP) is 3.71. The first-order valence-electron chi connectivity index (χ1n) is 11.2. The summed E-state index contributed by atoms with van der Waals surface area (Å²) in [5, 5.41) is 9.43. The quantitative estimate of drug-likeness (QED) is 0.564. The Morgan fingerprint density at radius 1 is 0.967 bits per heavy atom. The molecular weight excluding hydrogens is 384 g/mol. The van der Waals surface area contributed by atoms with E-state index in [-0.39, 0.29) is 11.5 Å². The van der Waals surface area contributed by atoms with E-state index in [1.165, 1.54) is 6.07 Å². The van der Waals surface area contributed by atoms with Crippen molar-refractivity contribution < 1.29 is 28.9 Å². The number of ether oxygens (including phenoxy) is 3. The summed E-state index contributed by atoms with van der Waals surface area (Å²) in [5.41, 5.74) is 1.48. The molecular formula is C24H30O6. The maximum Gasteiger partial charge on any atom is 0.338 e.